The Morgan fingerprint density at radius 2 is 2.00 bits per heavy atom. The van der Waals surface area contributed by atoms with Crippen LogP contribution >= 0.6 is 22.9 Å². The minimum Gasteiger partial charge on any atom is -0.368 e. The molecule has 0 saturated heterocycles. The van der Waals surface area contributed by atoms with Crippen molar-refractivity contribution < 1.29 is 4.79 Å². The molecule has 0 aromatic carbocycles. The zero-order valence-electron chi connectivity index (χ0n) is 8.73. The van der Waals surface area contributed by atoms with Gasteiger partial charge in [0, 0.05) is 22.9 Å². The van der Waals surface area contributed by atoms with E-state index in [1.54, 1.807) is 0 Å². The summed E-state index contributed by atoms with van der Waals surface area (Å²) < 4.78 is 2.94. The Hall–Kier alpha value is 0.160. The lowest BCUT2D eigenvalue weighted by molar-refractivity contribution is -0.122. The van der Waals surface area contributed by atoms with Gasteiger partial charge in [0.25, 0.3) is 0 Å². The van der Waals surface area contributed by atoms with Crippen LogP contribution in [0.15, 0.2) is 0 Å². The van der Waals surface area contributed by atoms with Crippen LogP contribution in [-0.4, -0.2) is 11.9 Å². The van der Waals surface area contributed by atoms with E-state index in [2.05, 4.69) is 31.2 Å². The second-order valence-corrected chi connectivity index (χ2v) is 5.15. The predicted octanol–water partition coefficient (Wildman–Crippen LogP) is 1.85. The van der Waals surface area contributed by atoms with E-state index in [1.807, 2.05) is 22.9 Å². The van der Waals surface area contributed by atoms with Gasteiger partial charge in [0.05, 0.1) is 6.04 Å². The molecule has 0 heterocycles. The molecular weight excluding hydrogens is 279 g/mol. The normalized spacial score (nSPS) is 14.6. The van der Waals surface area contributed by atoms with E-state index in [4.69, 9.17) is 5.73 Å². The Bertz CT molecular complexity index is 180. The van der Waals surface area contributed by atoms with Crippen LogP contribution in [0.3, 0.4) is 0 Å². The molecule has 3 nitrogen and oxygen atoms in total. The molecule has 13 heavy (non-hydrogen) atoms. The highest BCUT2D eigenvalue weighted by molar-refractivity contribution is 14.1. The maximum absolute atomic E-state index is 11.1. The summed E-state index contributed by atoms with van der Waals surface area (Å²) in [5.41, 5.74) is 5.22. The molecule has 3 N–H and O–H groups in total. The van der Waals surface area contributed by atoms with E-state index in [1.165, 1.54) is 0 Å². The van der Waals surface area contributed by atoms with Crippen LogP contribution in [-0.2, 0) is 4.79 Å². The van der Waals surface area contributed by atoms with Crippen LogP contribution in [0.4, 0.5) is 0 Å². The molecule has 0 aromatic heterocycles. The molecular formula is C9H19IN2O. The van der Waals surface area contributed by atoms with E-state index in [0.717, 1.165) is 6.42 Å². The highest BCUT2D eigenvalue weighted by atomic mass is 127. The SMILES string of the molecule is CC(C)CC(C)(C)C(NI)C(N)=O. The lowest BCUT2D eigenvalue weighted by atomic mass is 9.77. The Balaban J connectivity index is 4.47. The fraction of sp³-hybridized carbons (Fsp3) is 0.889. The van der Waals surface area contributed by atoms with Crippen LogP contribution in [0.1, 0.15) is 34.1 Å². The molecule has 0 aliphatic carbocycles. The van der Waals surface area contributed by atoms with E-state index in [9.17, 15) is 4.79 Å². The number of hydrogen-bond donors (Lipinski definition) is 2. The van der Waals surface area contributed by atoms with Crippen molar-refractivity contribution >= 4 is 28.8 Å². The summed E-state index contributed by atoms with van der Waals surface area (Å²) in [7, 11) is 0. The Labute approximate surface area is 94.3 Å². The molecule has 0 bridgehead atoms. The Morgan fingerprint density at radius 1 is 1.54 bits per heavy atom. The van der Waals surface area contributed by atoms with E-state index in [-0.39, 0.29) is 17.4 Å². The predicted molar refractivity (Wildman–Crippen MR) is 63.4 cm³/mol. The summed E-state index contributed by atoms with van der Waals surface area (Å²) in [5, 5.41) is 0. The molecule has 0 spiro atoms. The summed E-state index contributed by atoms with van der Waals surface area (Å²) in [6.45, 7) is 8.42. The van der Waals surface area contributed by atoms with Gasteiger partial charge in [-0.3, -0.25) is 4.79 Å². The van der Waals surface area contributed by atoms with Gasteiger partial charge < -0.3 is 5.73 Å². The van der Waals surface area contributed by atoms with Gasteiger partial charge in [0.2, 0.25) is 5.91 Å². The summed E-state index contributed by atoms with van der Waals surface area (Å²) in [6, 6.07) is -0.254. The molecule has 1 atom stereocenters. The zero-order chi connectivity index (χ0) is 10.6. The van der Waals surface area contributed by atoms with E-state index in [0.29, 0.717) is 5.92 Å². The molecule has 0 saturated carbocycles. The maximum atomic E-state index is 11.1. The highest BCUT2D eigenvalue weighted by Crippen LogP contribution is 2.29. The molecule has 1 amide bonds. The van der Waals surface area contributed by atoms with Crippen LogP contribution in [0.2, 0.25) is 0 Å². The van der Waals surface area contributed by atoms with Crippen molar-refractivity contribution in [1.82, 2.24) is 3.53 Å². The number of primary amides is 1. The molecule has 4 heteroatoms. The monoisotopic (exact) mass is 298 g/mol. The van der Waals surface area contributed by atoms with Crippen molar-refractivity contribution in [1.29, 1.82) is 0 Å². The highest BCUT2D eigenvalue weighted by Gasteiger charge is 2.33. The first kappa shape index (κ1) is 13.2. The largest absolute Gasteiger partial charge is 0.368 e. The van der Waals surface area contributed by atoms with Gasteiger partial charge in [0.1, 0.15) is 0 Å². The summed E-state index contributed by atoms with van der Waals surface area (Å²) >= 11 is 1.99. The number of rotatable bonds is 5. The van der Waals surface area contributed by atoms with Gasteiger partial charge in [-0.2, -0.15) is 0 Å². The molecule has 0 aliphatic rings. The van der Waals surface area contributed by atoms with Gasteiger partial charge >= 0.3 is 0 Å². The second-order valence-electron chi connectivity index (χ2n) is 4.53. The fourth-order valence-electron chi connectivity index (χ4n) is 1.76. The molecule has 0 radical (unpaired) electrons. The molecule has 0 fully saturated rings. The number of halogens is 1. The third-order valence-electron chi connectivity index (χ3n) is 2.11. The van der Waals surface area contributed by atoms with Gasteiger partial charge in [-0.15, -0.1) is 0 Å². The Morgan fingerprint density at radius 3 is 2.23 bits per heavy atom. The molecule has 78 valence electrons. The van der Waals surface area contributed by atoms with Crippen molar-refractivity contribution in [3.8, 4) is 0 Å². The van der Waals surface area contributed by atoms with Gasteiger partial charge in [-0.25, -0.2) is 3.53 Å². The number of carbonyl (C=O) groups is 1. The van der Waals surface area contributed by atoms with Crippen molar-refractivity contribution in [2.75, 3.05) is 0 Å². The van der Waals surface area contributed by atoms with E-state index >= 15 is 0 Å². The third-order valence-corrected chi connectivity index (χ3v) is 2.73. The van der Waals surface area contributed by atoms with Crippen molar-refractivity contribution in [2.45, 2.75) is 40.2 Å². The van der Waals surface area contributed by atoms with Gasteiger partial charge in [-0.1, -0.05) is 27.7 Å². The van der Waals surface area contributed by atoms with Crippen LogP contribution < -0.4 is 9.26 Å². The minimum atomic E-state index is -0.278. The third kappa shape index (κ3) is 4.26. The summed E-state index contributed by atoms with van der Waals surface area (Å²) in [5.74, 6) is 0.293. The first-order valence-corrected chi connectivity index (χ1v) is 5.54. The first-order valence-electron chi connectivity index (χ1n) is 4.46. The average molecular weight is 298 g/mol. The number of nitrogens with two attached hydrogens (primary N) is 1. The quantitative estimate of drug-likeness (QED) is 0.601. The molecule has 0 aliphatic heterocycles. The first-order chi connectivity index (χ1) is 5.81. The molecule has 1 unspecified atom stereocenters. The number of nitrogens with one attached hydrogen (secondary N) is 1. The Kier molecular flexibility index (Phi) is 5.21. The zero-order valence-corrected chi connectivity index (χ0v) is 10.9. The van der Waals surface area contributed by atoms with E-state index < -0.39 is 0 Å². The van der Waals surface area contributed by atoms with Crippen LogP contribution in [0.25, 0.3) is 0 Å². The topological polar surface area (TPSA) is 55.1 Å². The number of hydrogen-bond acceptors (Lipinski definition) is 2. The minimum absolute atomic E-state index is 0.0822. The standard InChI is InChI=1S/C9H19IN2O/c1-6(2)5-9(3,4)7(12-10)8(11)13/h6-7,12H,5H2,1-4H3,(H2,11,13). The maximum Gasteiger partial charge on any atom is 0.235 e. The molecule has 0 rings (SSSR count). The fourth-order valence-corrected chi connectivity index (χ4v) is 2.91. The smallest absolute Gasteiger partial charge is 0.235 e. The lowest BCUT2D eigenvalue weighted by Gasteiger charge is -2.32. The van der Waals surface area contributed by atoms with Crippen molar-refractivity contribution in [3.05, 3.63) is 0 Å². The summed E-state index contributed by atoms with van der Waals surface area (Å²) in [4.78, 5) is 11.1. The molecule has 0 aromatic rings. The van der Waals surface area contributed by atoms with Crippen LogP contribution in [0.5, 0.6) is 0 Å². The van der Waals surface area contributed by atoms with Gasteiger partial charge in [0.15, 0.2) is 0 Å². The number of carbonyl (C=O) groups excluding carboxylic acids is 1. The van der Waals surface area contributed by atoms with Crippen LogP contribution in [0, 0.1) is 11.3 Å². The average Bonchev–Trinajstić information content (AvgIpc) is 1.82. The summed E-state index contributed by atoms with van der Waals surface area (Å²) in [6.07, 6.45) is 0.983. The van der Waals surface area contributed by atoms with Crippen molar-refractivity contribution in [2.24, 2.45) is 17.1 Å². The number of amides is 1. The second kappa shape index (κ2) is 5.14. The lowest BCUT2D eigenvalue weighted by Crippen LogP contribution is -2.47. The van der Waals surface area contributed by atoms with Crippen molar-refractivity contribution in [3.63, 3.8) is 0 Å². The van der Waals surface area contributed by atoms with Gasteiger partial charge in [-0.05, 0) is 17.8 Å².